The number of pyridine rings is 1. The zero-order valence-electron chi connectivity index (χ0n) is 14.1. The van der Waals surface area contributed by atoms with E-state index in [9.17, 15) is 9.18 Å². The third-order valence-corrected chi connectivity index (χ3v) is 4.95. The average Bonchev–Trinajstić information content (AvgIpc) is 2.64. The van der Waals surface area contributed by atoms with Crippen LogP contribution in [0.4, 0.5) is 15.9 Å². The Hall–Kier alpha value is -2.18. The fourth-order valence-electron chi connectivity index (χ4n) is 3.07. The van der Waals surface area contributed by atoms with Crippen LogP contribution in [0.2, 0.25) is 5.02 Å². The van der Waals surface area contributed by atoms with Crippen molar-refractivity contribution in [3.63, 3.8) is 0 Å². The fraction of sp³-hybridized carbons (Fsp3) is 0.333. The van der Waals surface area contributed by atoms with Gasteiger partial charge >= 0.3 is 0 Å². The standard InChI is InChI=1S/C18H20ClFN4O/c1-13(18(25)22-16-6-5-14(20)12-15(16)19)23-8-10-24(11-9-23)17-4-2-3-7-21-17/h2-7,12-13H,8-11H2,1H3,(H,22,25)/p+2/t13-/m1/s1. The summed E-state index contributed by atoms with van der Waals surface area (Å²) in [7, 11) is 0. The quantitative estimate of drug-likeness (QED) is 0.851. The van der Waals surface area contributed by atoms with Crippen molar-refractivity contribution in [1.82, 2.24) is 0 Å². The Morgan fingerprint density at radius 2 is 2.08 bits per heavy atom. The van der Waals surface area contributed by atoms with Gasteiger partial charge in [0, 0.05) is 6.07 Å². The fourth-order valence-corrected chi connectivity index (χ4v) is 3.28. The van der Waals surface area contributed by atoms with E-state index in [2.05, 4.69) is 21.3 Å². The van der Waals surface area contributed by atoms with Crippen LogP contribution in [0.25, 0.3) is 0 Å². The molecule has 3 rings (SSSR count). The lowest BCUT2D eigenvalue weighted by molar-refractivity contribution is -0.914. The number of nitrogens with zero attached hydrogens (tertiary/aromatic N) is 1. The van der Waals surface area contributed by atoms with Crippen LogP contribution in [0.5, 0.6) is 0 Å². The minimum absolute atomic E-state index is 0.108. The Balaban J connectivity index is 1.56. The smallest absolute Gasteiger partial charge is 0.282 e. The number of aromatic nitrogens is 1. The molecule has 132 valence electrons. The molecule has 2 aromatic rings. The molecule has 2 heterocycles. The molecule has 0 spiro atoms. The molecule has 5 nitrogen and oxygen atoms in total. The van der Waals surface area contributed by atoms with E-state index in [4.69, 9.17) is 11.6 Å². The highest BCUT2D eigenvalue weighted by atomic mass is 35.5. The molecule has 7 heteroatoms. The number of hydrogen-bond acceptors (Lipinski definition) is 2. The monoisotopic (exact) mass is 364 g/mol. The van der Waals surface area contributed by atoms with Gasteiger partial charge < -0.3 is 10.2 Å². The summed E-state index contributed by atoms with van der Waals surface area (Å²) in [5, 5.41) is 3.01. The third-order valence-electron chi connectivity index (χ3n) is 4.63. The Morgan fingerprint density at radius 1 is 1.32 bits per heavy atom. The molecule has 1 aliphatic rings. The Labute approximate surface area is 151 Å². The second-order valence-corrected chi connectivity index (χ2v) is 6.64. The number of piperazine rings is 1. The zero-order chi connectivity index (χ0) is 17.8. The molecule has 0 unspecified atom stereocenters. The molecule has 1 aromatic carbocycles. The van der Waals surface area contributed by atoms with Crippen molar-refractivity contribution in [3.05, 3.63) is 53.4 Å². The van der Waals surface area contributed by atoms with Gasteiger partial charge in [-0.15, -0.1) is 0 Å². The molecular formula is C18H22ClFN4O+2. The van der Waals surface area contributed by atoms with Gasteiger partial charge in [0.1, 0.15) is 32.0 Å². The summed E-state index contributed by atoms with van der Waals surface area (Å²) in [6.07, 6.45) is 1.91. The van der Waals surface area contributed by atoms with Crippen LogP contribution in [0, 0.1) is 5.82 Å². The third kappa shape index (κ3) is 4.27. The van der Waals surface area contributed by atoms with Crippen molar-refractivity contribution < 1.29 is 19.1 Å². The molecule has 1 aromatic heterocycles. The maximum absolute atomic E-state index is 13.1. The van der Waals surface area contributed by atoms with E-state index >= 15 is 0 Å². The predicted octanol–water partition coefficient (Wildman–Crippen LogP) is 1.03. The first kappa shape index (κ1) is 17.6. The molecule has 0 aliphatic carbocycles. The van der Waals surface area contributed by atoms with Crippen LogP contribution in [0.15, 0.2) is 42.6 Å². The van der Waals surface area contributed by atoms with Crippen molar-refractivity contribution in [2.75, 3.05) is 36.4 Å². The highest BCUT2D eigenvalue weighted by Gasteiger charge is 2.32. The van der Waals surface area contributed by atoms with Crippen LogP contribution in [0.1, 0.15) is 6.92 Å². The van der Waals surface area contributed by atoms with Crippen molar-refractivity contribution in [3.8, 4) is 0 Å². The number of anilines is 2. The molecule has 1 atom stereocenters. The normalized spacial score (nSPS) is 16.5. The van der Waals surface area contributed by atoms with Gasteiger partial charge in [0.05, 0.1) is 16.9 Å². The molecule has 0 bridgehead atoms. The highest BCUT2D eigenvalue weighted by molar-refractivity contribution is 6.33. The topological polar surface area (TPSA) is 50.9 Å². The Morgan fingerprint density at radius 3 is 2.72 bits per heavy atom. The van der Waals surface area contributed by atoms with Crippen molar-refractivity contribution in [1.29, 1.82) is 0 Å². The second kappa shape index (κ2) is 7.80. The van der Waals surface area contributed by atoms with Gasteiger partial charge in [-0.2, -0.15) is 0 Å². The van der Waals surface area contributed by atoms with Gasteiger partial charge in [0.15, 0.2) is 6.04 Å². The molecule has 1 fully saturated rings. The van der Waals surface area contributed by atoms with Crippen molar-refractivity contribution in [2.45, 2.75) is 13.0 Å². The number of H-pyrrole nitrogens is 1. The summed E-state index contributed by atoms with van der Waals surface area (Å²) in [6, 6.07) is 9.78. The lowest BCUT2D eigenvalue weighted by Crippen LogP contribution is -3.19. The maximum Gasteiger partial charge on any atom is 0.282 e. The van der Waals surface area contributed by atoms with E-state index in [1.54, 1.807) is 0 Å². The molecule has 1 amide bonds. The summed E-state index contributed by atoms with van der Waals surface area (Å²) < 4.78 is 13.1. The van der Waals surface area contributed by atoms with E-state index in [0.717, 1.165) is 32.0 Å². The average molecular weight is 365 g/mol. The summed E-state index contributed by atoms with van der Waals surface area (Å²) >= 11 is 5.98. The van der Waals surface area contributed by atoms with E-state index in [1.807, 2.05) is 25.3 Å². The van der Waals surface area contributed by atoms with E-state index in [1.165, 1.54) is 23.1 Å². The van der Waals surface area contributed by atoms with Gasteiger partial charge in [0.2, 0.25) is 0 Å². The number of aromatic amines is 1. The molecule has 1 saturated heterocycles. The largest absolute Gasteiger partial charge is 0.320 e. The van der Waals surface area contributed by atoms with Crippen LogP contribution in [0.3, 0.4) is 0 Å². The van der Waals surface area contributed by atoms with E-state index in [-0.39, 0.29) is 17.0 Å². The number of nitrogens with one attached hydrogen (secondary N) is 3. The lowest BCUT2D eigenvalue weighted by atomic mass is 10.2. The number of hydrogen-bond donors (Lipinski definition) is 2. The second-order valence-electron chi connectivity index (χ2n) is 6.23. The minimum Gasteiger partial charge on any atom is -0.320 e. The SMILES string of the molecule is C[C@H](C(=O)Nc1ccc(F)cc1Cl)[NH+]1CCN(c2cccc[nH+]2)CC1. The summed E-state index contributed by atoms with van der Waals surface area (Å²) in [6.45, 7) is 5.41. The van der Waals surface area contributed by atoms with Crippen LogP contribution >= 0.6 is 11.6 Å². The van der Waals surface area contributed by atoms with Gasteiger partial charge in [-0.1, -0.05) is 17.7 Å². The first-order chi connectivity index (χ1) is 12.0. The number of halogens is 2. The minimum atomic E-state index is -0.421. The zero-order valence-corrected chi connectivity index (χ0v) is 14.8. The first-order valence-electron chi connectivity index (χ1n) is 8.37. The molecule has 0 saturated carbocycles. The Kier molecular flexibility index (Phi) is 5.50. The van der Waals surface area contributed by atoms with E-state index < -0.39 is 5.82 Å². The van der Waals surface area contributed by atoms with Gasteiger partial charge in [-0.3, -0.25) is 9.69 Å². The number of carbonyl (C=O) groups excluding carboxylic acids is 1. The summed E-state index contributed by atoms with van der Waals surface area (Å²) in [5.41, 5.74) is 0.442. The lowest BCUT2D eigenvalue weighted by Gasteiger charge is -2.31. The first-order valence-corrected chi connectivity index (χ1v) is 8.74. The highest BCUT2D eigenvalue weighted by Crippen LogP contribution is 2.22. The molecule has 0 radical (unpaired) electrons. The van der Waals surface area contributed by atoms with Crippen LogP contribution in [-0.2, 0) is 4.79 Å². The van der Waals surface area contributed by atoms with Crippen molar-refractivity contribution >= 4 is 29.0 Å². The molecular weight excluding hydrogens is 343 g/mol. The number of amides is 1. The van der Waals surface area contributed by atoms with Gasteiger partial charge in [0.25, 0.3) is 11.7 Å². The summed E-state index contributed by atoms with van der Waals surface area (Å²) in [5.74, 6) is 0.565. The van der Waals surface area contributed by atoms with Gasteiger partial charge in [-0.05, 0) is 31.2 Å². The van der Waals surface area contributed by atoms with Crippen LogP contribution < -0.4 is 20.1 Å². The van der Waals surface area contributed by atoms with Crippen LogP contribution in [-0.4, -0.2) is 38.1 Å². The molecule has 3 N–H and O–H groups in total. The van der Waals surface area contributed by atoms with Gasteiger partial charge in [-0.25, -0.2) is 9.37 Å². The molecule has 1 aliphatic heterocycles. The summed E-state index contributed by atoms with van der Waals surface area (Å²) in [4.78, 5) is 19.2. The number of quaternary nitrogens is 1. The van der Waals surface area contributed by atoms with Crippen molar-refractivity contribution in [2.24, 2.45) is 0 Å². The number of benzene rings is 1. The maximum atomic E-state index is 13.1. The Bertz CT molecular complexity index is 735. The van der Waals surface area contributed by atoms with E-state index in [0.29, 0.717) is 5.69 Å². The number of carbonyl (C=O) groups is 1. The number of rotatable bonds is 4. The predicted molar refractivity (Wildman–Crippen MR) is 95.4 cm³/mol. The molecule has 25 heavy (non-hydrogen) atoms.